The van der Waals surface area contributed by atoms with Crippen molar-refractivity contribution in [2.24, 2.45) is 20.7 Å². The number of Topliss-reactive ketones (excluding diaryl/α,β-unsaturated/α-hetero) is 2. The highest BCUT2D eigenvalue weighted by Crippen LogP contribution is 2.41. The van der Waals surface area contributed by atoms with Gasteiger partial charge in [0.25, 0.3) is 0 Å². The minimum atomic E-state index is -0.507. The van der Waals surface area contributed by atoms with Gasteiger partial charge in [-0.25, -0.2) is 0 Å². The van der Waals surface area contributed by atoms with E-state index in [9.17, 15) is 14.7 Å². The third-order valence-electron chi connectivity index (χ3n) is 11.2. The maximum absolute atomic E-state index is 13.0. The van der Waals surface area contributed by atoms with E-state index in [-0.39, 0.29) is 43.2 Å². The molecule has 0 saturated heterocycles. The summed E-state index contributed by atoms with van der Waals surface area (Å²) in [6.07, 6.45) is 1.97. The van der Waals surface area contributed by atoms with Gasteiger partial charge in [-0.2, -0.15) is 0 Å². The highest BCUT2D eigenvalue weighted by molar-refractivity contribution is 7.15. The van der Waals surface area contributed by atoms with Crippen molar-refractivity contribution in [3.05, 3.63) is 155 Å². The summed E-state index contributed by atoms with van der Waals surface area (Å²) in [5.41, 5.74) is 14.3. The van der Waals surface area contributed by atoms with Gasteiger partial charge < -0.3 is 10.8 Å². The number of thiophene rings is 2. The first-order valence-corrected chi connectivity index (χ1v) is 22.9. The molecule has 0 fully saturated rings. The maximum Gasteiger partial charge on any atom is 0.163 e. The highest BCUT2D eigenvalue weighted by Gasteiger charge is 2.34. The fourth-order valence-electron chi connectivity index (χ4n) is 7.66. The zero-order valence-electron chi connectivity index (χ0n) is 35.9. The van der Waals surface area contributed by atoms with Crippen LogP contribution in [0.4, 0.5) is 0 Å². The number of carbonyl (C=O) groups excluding carboxylic acids is 2. The Balaban J connectivity index is 0.000000181. The molecule has 2 aliphatic heterocycles. The van der Waals surface area contributed by atoms with Gasteiger partial charge in [0.05, 0.1) is 24.5 Å². The van der Waals surface area contributed by atoms with Crippen molar-refractivity contribution in [3.63, 3.8) is 0 Å². The second kappa shape index (κ2) is 18.6. The van der Waals surface area contributed by atoms with Gasteiger partial charge in [-0.05, 0) is 107 Å². The molecule has 64 heavy (non-hydrogen) atoms. The van der Waals surface area contributed by atoms with Crippen molar-refractivity contribution in [2.45, 2.75) is 66.5 Å². The van der Waals surface area contributed by atoms with Crippen LogP contribution in [-0.4, -0.2) is 76.9 Å². The Morgan fingerprint density at radius 3 is 1.55 bits per heavy atom. The number of aromatic nitrogens is 6. The molecule has 4 aromatic heterocycles. The number of benzene rings is 3. The molecule has 0 aliphatic carbocycles. The number of ketones is 2. The van der Waals surface area contributed by atoms with E-state index in [0.717, 1.165) is 66.5 Å². The Kier molecular flexibility index (Phi) is 13.0. The molecule has 0 spiro atoms. The number of carbonyl (C=O) groups is 2. The smallest absolute Gasteiger partial charge is 0.163 e. The molecular formula is C47H44Cl2N10O3S2. The van der Waals surface area contributed by atoms with E-state index in [1.165, 1.54) is 15.3 Å². The molecule has 0 amide bonds. The lowest BCUT2D eigenvalue weighted by Gasteiger charge is -2.12. The Bertz CT molecular complexity index is 3000. The van der Waals surface area contributed by atoms with Crippen molar-refractivity contribution in [2.75, 3.05) is 13.1 Å². The summed E-state index contributed by atoms with van der Waals surface area (Å²) in [5, 5.41) is 30.2. The quantitative estimate of drug-likeness (QED) is 0.127. The number of rotatable bonds is 10. The zero-order chi connectivity index (χ0) is 45.4. The summed E-state index contributed by atoms with van der Waals surface area (Å²) in [6.45, 7) is 12.2. The van der Waals surface area contributed by atoms with Gasteiger partial charge in [0.15, 0.2) is 17.4 Å². The van der Waals surface area contributed by atoms with Crippen molar-refractivity contribution in [1.29, 1.82) is 0 Å². The molecule has 0 bridgehead atoms. The minimum absolute atomic E-state index is 0.0185. The van der Waals surface area contributed by atoms with Crippen LogP contribution in [0.5, 0.6) is 5.75 Å². The number of fused-ring (bicyclic) bond motifs is 6. The van der Waals surface area contributed by atoms with Crippen LogP contribution in [0, 0.1) is 41.5 Å². The van der Waals surface area contributed by atoms with Crippen LogP contribution >= 0.6 is 45.9 Å². The molecule has 3 N–H and O–H groups in total. The number of halogens is 2. The van der Waals surface area contributed by atoms with E-state index in [1.54, 1.807) is 53.2 Å². The van der Waals surface area contributed by atoms with Gasteiger partial charge >= 0.3 is 0 Å². The molecule has 2 aliphatic rings. The van der Waals surface area contributed by atoms with E-state index < -0.39 is 12.1 Å². The number of nitrogens with zero attached hydrogens (tertiary/aromatic N) is 9. The second-order valence-corrected chi connectivity index (χ2v) is 18.8. The molecule has 2 atom stereocenters. The summed E-state index contributed by atoms with van der Waals surface area (Å²) in [4.78, 5) is 42.0. The van der Waals surface area contributed by atoms with Gasteiger partial charge in [0, 0.05) is 61.1 Å². The lowest BCUT2D eigenvalue weighted by Crippen LogP contribution is -2.18. The third kappa shape index (κ3) is 8.91. The number of aryl methyl sites for hydroxylation is 4. The van der Waals surface area contributed by atoms with Gasteiger partial charge in [0.2, 0.25) is 0 Å². The Morgan fingerprint density at radius 2 is 1.11 bits per heavy atom. The Hall–Kier alpha value is -5.97. The Morgan fingerprint density at radius 1 is 0.672 bits per heavy atom. The molecule has 0 unspecified atom stereocenters. The molecular weight excluding hydrogens is 888 g/mol. The number of aliphatic imine (C=N–C) groups is 3. The number of aromatic hydroxyl groups is 1. The van der Waals surface area contributed by atoms with Gasteiger partial charge in [0.1, 0.15) is 45.3 Å². The SMILES string of the molecule is Cc1sc2c(c1C)C(c1ccc(Cl)cc1)=N[C@@H](CC(=O)CN)c1nnc(C)n1-2.Cc1sc2c(c1C)C(c1ccc(Cl)cc1)=N[C@@H](CC(=O)CN=Cc1ccc(O)cc1)c1nnc(C)n1-2. The third-order valence-corrected chi connectivity index (χ3v) is 14.1. The van der Waals surface area contributed by atoms with E-state index in [4.69, 9.17) is 38.9 Å². The molecule has 13 nitrogen and oxygen atoms in total. The lowest BCUT2D eigenvalue weighted by atomic mass is 9.99. The molecule has 9 rings (SSSR count). The van der Waals surface area contributed by atoms with Crippen LogP contribution in [0.25, 0.3) is 10.0 Å². The van der Waals surface area contributed by atoms with E-state index in [1.807, 2.05) is 71.5 Å². The normalized spacial score (nSPS) is 15.2. The number of hydrogen-bond donors (Lipinski definition) is 2. The summed E-state index contributed by atoms with van der Waals surface area (Å²) in [6, 6.07) is 20.9. The van der Waals surface area contributed by atoms with Crippen molar-refractivity contribution in [1.82, 2.24) is 29.5 Å². The average molecular weight is 932 g/mol. The minimum Gasteiger partial charge on any atom is -0.508 e. The van der Waals surface area contributed by atoms with Crippen LogP contribution in [0.1, 0.15) is 96.9 Å². The maximum atomic E-state index is 13.0. The number of nitrogens with two attached hydrogens (primary N) is 1. The van der Waals surface area contributed by atoms with Gasteiger partial charge in [-0.1, -0.05) is 47.5 Å². The number of hydrogen-bond acceptors (Lipinski definition) is 13. The average Bonchev–Trinajstić information content (AvgIpc) is 3.97. The zero-order valence-corrected chi connectivity index (χ0v) is 39.1. The van der Waals surface area contributed by atoms with Gasteiger partial charge in [-0.15, -0.1) is 43.1 Å². The molecule has 0 saturated carbocycles. The molecule has 7 aromatic rings. The summed E-state index contributed by atoms with van der Waals surface area (Å²) < 4.78 is 4.06. The fourth-order valence-corrected chi connectivity index (χ4v) is 10.3. The van der Waals surface area contributed by atoms with Crippen molar-refractivity contribution >= 4 is 75.1 Å². The number of phenolic OH excluding ortho intramolecular Hbond substituents is 1. The highest BCUT2D eigenvalue weighted by atomic mass is 35.5. The van der Waals surface area contributed by atoms with Crippen LogP contribution in [0.2, 0.25) is 10.0 Å². The second-order valence-electron chi connectivity index (χ2n) is 15.6. The van der Waals surface area contributed by atoms with E-state index >= 15 is 0 Å². The topological polar surface area (TPSA) is 179 Å². The fraction of sp³-hybridized carbons (Fsp3) is 0.255. The van der Waals surface area contributed by atoms with Crippen LogP contribution in [0.3, 0.4) is 0 Å². The molecule has 17 heteroatoms. The van der Waals surface area contributed by atoms with Crippen molar-refractivity contribution in [3.8, 4) is 15.8 Å². The molecule has 0 radical (unpaired) electrons. The number of phenols is 1. The van der Waals surface area contributed by atoms with Crippen LogP contribution < -0.4 is 5.73 Å². The van der Waals surface area contributed by atoms with Crippen LogP contribution in [-0.2, 0) is 9.59 Å². The summed E-state index contributed by atoms with van der Waals surface area (Å²) >= 11 is 15.6. The molecule has 326 valence electrons. The Labute approximate surface area is 388 Å². The summed E-state index contributed by atoms with van der Waals surface area (Å²) in [7, 11) is 0. The van der Waals surface area contributed by atoms with Crippen LogP contribution in [0.15, 0.2) is 87.8 Å². The van der Waals surface area contributed by atoms with Crippen molar-refractivity contribution < 1.29 is 14.7 Å². The predicted molar refractivity (Wildman–Crippen MR) is 255 cm³/mol. The molecule has 3 aromatic carbocycles. The lowest BCUT2D eigenvalue weighted by molar-refractivity contribution is -0.118. The summed E-state index contributed by atoms with van der Waals surface area (Å²) in [5.74, 6) is 2.91. The van der Waals surface area contributed by atoms with E-state index in [0.29, 0.717) is 21.7 Å². The first-order chi connectivity index (χ1) is 30.7. The predicted octanol–water partition coefficient (Wildman–Crippen LogP) is 9.30. The van der Waals surface area contributed by atoms with Gasteiger partial charge in [-0.3, -0.25) is 33.7 Å². The first-order valence-electron chi connectivity index (χ1n) is 20.5. The largest absolute Gasteiger partial charge is 0.508 e. The molecule has 6 heterocycles. The first kappa shape index (κ1) is 44.6. The van der Waals surface area contributed by atoms with E-state index in [2.05, 4.69) is 53.1 Å². The monoisotopic (exact) mass is 930 g/mol. The standard InChI is InChI=1S/C27H24ClN5O2S.C20H20ClN5OS/c1-15-16(2)36-27-24(15)25(19-6-8-20(28)9-7-19)30-23(26-32-31-17(3)33(26)27)12-22(35)14-29-13-18-4-10-21(34)11-5-18;1-10-11(2)28-20-17(10)18(13-4-6-14(21)7-5-13)23-16(8-15(27)9-22)19-25-24-12(3)26(19)20/h4-11,13,23,34H,12,14H2,1-3H3;4-7,16H,8-9,22H2,1-3H3/t23-;16-/m00/s1.